The predicted molar refractivity (Wildman–Crippen MR) is 138 cm³/mol. The summed E-state index contributed by atoms with van der Waals surface area (Å²) >= 11 is 0. The number of nitrogens with one attached hydrogen (secondary N) is 1. The van der Waals surface area contributed by atoms with Crippen molar-refractivity contribution in [3.8, 4) is 22.5 Å². The molecule has 2 fully saturated rings. The Labute approximate surface area is 217 Å². The summed E-state index contributed by atoms with van der Waals surface area (Å²) in [7, 11) is 0. The van der Waals surface area contributed by atoms with Crippen LogP contribution in [0, 0.1) is 12.7 Å². The molecule has 3 atom stereocenters. The maximum Gasteiger partial charge on any atom is 0.248 e. The molecule has 2 aliphatic heterocycles. The van der Waals surface area contributed by atoms with Crippen molar-refractivity contribution >= 4 is 23.2 Å². The van der Waals surface area contributed by atoms with Crippen LogP contribution in [0.2, 0.25) is 0 Å². The number of ketones is 1. The first-order chi connectivity index (χ1) is 18.3. The van der Waals surface area contributed by atoms with E-state index in [0.717, 1.165) is 18.5 Å². The van der Waals surface area contributed by atoms with Gasteiger partial charge in [0, 0.05) is 41.0 Å². The fourth-order valence-electron chi connectivity index (χ4n) is 6.30. The van der Waals surface area contributed by atoms with Gasteiger partial charge in [0.15, 0.2) is 11.4 Å². The molecule has 1 amide bonds. The van der Waals surface area contributed by atoms with Gasteiger partial charge in [0.2, 0.25) is 5.91 Å². The van der Waals surface area contributed by atoms with E-state index in [1.54, 1.807) is 29.4 Å². The molecule has 0 saturated carbocycles. The predicted octanol–water partition coefficient (Wildman–Crippen LogP) is 3.25. The second-order valence-corrected chi connectivity index (χ2v) is 10.2. The highest BCUT2D eigenvalue weighted by Gasteiger charge is 2.44. The third-order valence-corrected chi connectivity index (χ3v) is 7.85. The van der Waals surface area contributed by atoms with Crippen LogP contribution in [-0.4, -0.2) is 65.0 Å². The van der Waals surface area contributed by atoms with Crippen LogP contribution < -0.4 is 5.73 Å². The number of nitrogen functional groups attached to an aromatic ring is 1. The Balaban J connectivity index is 1.51. The lowest BCUT2D eigenvalue weighted by molar-refractivity contribution is -0.138. The Kier molecular flexibility index (Phi) is 5.75. The van der Waals surface area contributed by atoms with Gasteiger partial charge < -0.3 is 20.7 Å². The van der Waals surface area contributed by atoms with E-state index in [1.807, 2.05) is 6.92 Å². The Hall–Kier alpha value is -4.12. The zero-order valence-corrected chi connectivity index (χ0v) is 21.1. The van der Waals surface area contributed by atoms with Crippen LogP contribution in [0.4, 0.5) is 10.2 Å². The summed E-state index contributed by atoms with van der Waals surface area (Å²) in [6.45, 7) is 2.78. The van der Waals surface area contributed by atoms with Crippen molar-refractivity contribution in [2.24, 2.45) is 0 Å². The lowest BCUT2D eigenvalue weighted by Gasteiger charge is -2.39. The topological polar surface area (TPSA) is 142 Å². The molecule has 1 aromatic carbocycles. The normalized spacial score (nSPS) is 20.8. The number of carbonyl (C=O) groups excluding carboxylic acids is 2. The van der Waals surface area contributed by atoms with Gasteiger partial charge in [0.05, 0.1) is 23.0 Å². The molecule has 2 aliphatic rings. The van der Waals surface area contributed by atoms with E-state index < -0.39 is 12.4 Å². The summed E-state index contributed by atoms with van der Waals surface area (Å²) in [4.78, 5) is 39.4. The van der Waals surface area contributed by atoms with E-state index in [4.69, 9.17) is 10.7 Å². The molecule has 0 spiro atoms. The molecule has 1 unspecified atom stereocenters. The fourth-order valence-corrected chi connectivity index (χ4v) is 6.30. The second kappa shape index (κ2) is 9.02. The second-order valence-electron chi connectivity index (χ2n) is 10.2. The standard InChI is InChI=1S/C27H28FN7O3/c1-13-10-30-26(32-13)23-18(4-3-5-20(23)28)19-11-31-35-25(29)22(14(2)37)24(33-27(19)35)15-8-16-6-7-17(9-15)34(16)21(38)12-36/h3-5,10-11,15-17,36H,6-9,12,29H2,1-2H3,(H,30,32)/t15?,16-,17+. The number of aliphatic hydroxyl groups excluding tert-OH is 1. The molecule has 10 nitrogen and oxygen atoms in total. The van der Waals surface area contributed by atoms with Crippen LogP contribution in [-0.2, 0) is 4.79 Å². The third kappa shape index (κ3) is 3.68. The number of rotatable bonds is 5. The van der Waals surface area contributed by atoms with Crippen LogP contribution in [0.1, 0.15) is 60.3 Å². The summed E-state index contributed by atoms with van der Waals surface area (Å²) < 4.78 is 16.6. The highest BCUT2D eigenvalue weighted by molar-refractivity contribution is 6.00. The number of aromatic nitrogens is 5. The number of anilines is 1. The molecule has 0 radical (unpaired) electrons. The number of H-pyrrole nitrogens is 1. The van der Waals surface area contributed by atoms with E-state index in [0.29, 0.717) is 52.3 Å². The van der Waals surface area contributed by atoms with Gasteiger partial charge in [-0.05, 0) is 45.6 Å². The first-order valence-corrected chi connectivity index (χ1v) is 12.7. The van der Waals surface area contributed by atoms with Crippen molar-refractivity contribution in [1.82, 2.24) is 29.5 Å². The first-order valence-electron chi connectivity index (χ1n) is 12.7. The number of Topliss-reactive ketones (excluding diaryl/α,β-unsaturated/α-hetero) is 1. The molecule has 0 aliphatic carbocycles. The number of aryl methyl sites for hydroxylation is 1. The molecule has 2 saturated heterocycles. The Morgan fingerprint density at radius 1 is 1.18 bits per heavy atom. The average Bonchev–Trinajstić information content (AvgIpc) is 3.58. The van der Waals surface area contributed by atoms with Gasteiger partial charge in [-0.3, -0.25) is 9.59 Å². The number of nitrogens with zero attached hydrogens (tertiary/aromatic N) is 5. The van der Waals surface area contributed by atoms with Crippen LogP contribution in [0.25, 0.3) is 28.2 Å². The number of nitrogens with two attached hydrogens (primary N) is 1. The molecule has 11 heteroatoms. The number of aliphatic hydroxyl groups is 1. The van der Waals surface area contributed by atoms with Gasteiger partial charge in [-0.15, -0.1) is 0 Å². The Bertz CT molecular complexity index is 1580. The summed E-state index contributed by atoms with van der Waals surface area (Å²) in [5.74, 6) is -0.470. The van der Waals surface area contributed by atoms with E-state index >= 15 is 4.39 Å². The first kappa shape index (κ1) is 24.2. The zero-order chi connectivity index (χ0) is 26.7. The van der Waals surface area contributed by atoms with Crippen molar-refractivity contribution in [3.05, 3.63) is 53.4 Å². The molecule has 5 heterocycles. The maximum atomic E-state index is 15.2. The maximum absolute atomic E-state index is 15.2. The third-order valence-electron chi connectivity index (χ3n) is 7.85. The molecule has 4 N–H and O–H groups in total. The average molecular weight is 518 g/mol. The summed E-state index contributed by atoms with van der Waals surface area (Å²) in [5.41, 5.74) is 10.0. The van der Waals surface area contributed by atoms with Gasteiger partial charge in [0.1, 0.15) is 24.1 Å². The van der Waals surface area contributed by atoms with Crippen molar-refractivity contribution < 1.29 is 19.1 Å². The van der Waals surface area contributed by atoms with E-state index in [2.05, 4.69) is 15.1 Å². The molecule has 2 bridgehead atoms. The SMILES string of the molecule is CC(=O)c1c(C2C[C@H]3CC[C@@H](C2)N3C(=O)CO)nc2c(-c3cccc(F)c3-c3ncc(C)[nH]3)cnn2c1N. The number of piperidine rings is 1. The Morgan fingerprint density at radius 3 is 2.55 bits per heavy atom. The van der Waals surface area contributed by atoms with Crippen LogP contribution in [0.5, 0.6) is 0 Å². The molecule has 38 heavy (non-hydrogen) atoms. The van der Waals surface area contributed by atoms with Gasteiger partial charge in [-0.25, -0.2) is 14.4 Å². The fraction of sp³-hybridized carbons (Fsp3) is 0.370. The minimum Gasteiger partial charge on any atom is -0.387 e. The molecular weight excluding hydrogens is 489 g/mol. The van der Waals surface area contributed by atoms with E-state index in [1.165, 1.54) is 17.5 Å². The number of fused-ring (bicyclic) bond motifs is 3. The molecular formula is C27H28FN7O3. The lowest BCUT2D eigenvalue weighted by atomic mass is 9.85. The number of halogens is 1. The van der Waals surface area contributed by atoms with Gasteiger partial charge in [0.25, 0.3) is 0 Å². The minimum absolute atomic E-state index is 0.0288. The quantitative estimate of drug-likeness (QED) is 0.345. The summed E-state index contributed by atoms with van der Waals surface area (Å²) in [5, 5.41) is 13.9. The highest BCUT2D eigenvalue weighted by atomic mass is 19.1. The zero-order valence-electron chi connectivity index (χ0n) is 21.1. The molecule has 196 valence electrons. The smallest absolute Gasteiger partial charge is 0.248 e. The number of aromatic amines is 1. The number of amides is 1. The number of imidazole rings is 1. The van der Waals surface area contributed by atoms with Crippen molar-refractivity contribution in [3.63, 3.8) is 0 Å². The summed E-state index contributed by atoms with van der Waals surface area (Å²) in [6, 6.07) is 4.72. The number of benzene rings is 1. The molecule has 4 aromatic rings. The van der Waals surface area contributed by atoms with E-state index in [-0.39, 0.29) is 35.5 Å². The van der Waals surface area contributed by atoms with Crippen LogP contribution in [0.15, 0.2) is 30.6 Å². The van der Waals surface area contributed by atoms with Crippen molar-refractivity contribution in [2.75, 3.05) is 12.3 Å². The number of hydrogen-bond acceptors (Lipinski definition) is 7. The molecule has 6 rings (SSSR count). The monoisotopic (exact) mass is 517 g/mol. The largest absolute Gasteiger partial charge is 0.387 e. The minimum atomic E-state index is -0.516. The number of hydrogen-bond donors (Lipinski definition) is 3. The van der Waals surface area contributed by atoms with Gasteiger partial charge in [-0.2, -0.15) is 9.61 Å². The van der Waals surface area contributed by atoms with Gasteiger partial charge >= 0.3 is 0 Å². The van der Waals surface area contributed by atoms with Crippen LogP contribution in [0.3, 0.4) is 0 Å². The van der Waals surface area contributed by atoms with Crippen molar-refractivity contribution in [1.29, 1.82) is 0 Å². The Morgan fingerprint density at radius 2 is 1.92 bits per heavy atom. The van der Waals surface area contributed by atoms with Crippen LogP contribution >= 0.6 is 0 Å². The van der Waals surface area contributed by atoms with Crippen molar-refractivity contribution in [2.45, 2.75) is 57.5 Å². The highest BCUT2D eigenvalue weighted by Crippen LogP contribution is 2.45. The van der Waals surface area contributed by atoms with E-state index in [9.17, 15) is 14.7 Å². The van der Waals surface area contributed by atoms with Gasteiger partial charge in [-0.1, -0.05) is 12.1 Å². The summed E-state index contributed by atoms with van der Waals surface area (Å²) in [6.07, 6.45) is 6.13. The lowest BCUT2D eigenvalue weighted by Crippen LogP contribution is -2.47. The molecule has 3 aromatic heterocycles. The number of carbonyl (C=O) groups is 2.